The number of Topliss-reactive ketones (excluding diaryl/α,β-unsaturated/α-hetero) is 1. The van der Waals surface area contributed by atoms with Crippen molar-refractivity contribution < 1.29 is 4.79 Å². The average molecular weight is 387 g/mol. The van der Waals surface area contributed by atoms with Gasteiger partial charge in [0.05, 0.1) is 0 Å². The van der Waals surface area contributed by atoms with Crippen molar-refractivity contribution in [2.75, 3.05) is 10.6 Å². The molecular weight excluding hydrogens is 371 g/mol. The third-order valence-corrected chi connectivity index (χ3v) is 3.95. The molecule has 1 heterocycles. The minimum atomic E-state index is 0.00714. The summed E-state index contributed by atoms with van der Waals surface area (Å²) in [6.45, 7) is 3.40. The molecule has 132 valence electrons. The summed E-state index contributed by atoms with van der Waals surface area (Å²) in [5.41, 5.74) is 2.87. The lowest BCUT2D eigenvalue weighted by molar-refractivity contribution is 0.101. The fourth-order valence-electron chi connectivity index (χ4n) is 2.41. The van der Waals surface area contributed by atoms with E-state index in [4.69, 9.17) is 23.2 Å². The van der Waals surface area contributed by atoms with Crippen LogP contribution < -0.4 is 10.6 Å². The van der Waals surface area contributed by atoms with Gasteiger partial charge in [0.1, 0.15) is 5.82 Å². The third-order valence-electron chi connectivity index (χ3n) is 3.51. The maximum absolute atomic E-state index is 11.5. The van der Waals surface area contributed by atoms with Gasteiger partial charge in [0.25, 0.3) is 0 Å². The lowest BCUT2D eigenvalue weighted by atomic mass is 10.1. The Labute approximate surface area is 161 Å². The first-order valence-electron chi connectivity index (χ1n) is 7.86. The summed E-state index contributed by atoms with van der Waals surface area (Å²) in [4.78, 5) is 20.4. The van der Waals surface area contributed by atoms with Crippen LogP contribution in [0.25, 0.3) is 0 Å². The number of hydrogen-bond donors (Lipinski definition) is 2. The molecule has 1 aromatic heterocycles. The van der Waals surface area contributed by atoms with Crippen LogP contribution in [0.4, 0.5) is 23.1 Å². The Bertz CT molecular complexity index is 955. The third kappa shape index (κ3) is 4.71. The zero-order valence-electron chi connectivity index (χ0n) is 14.2. The van der Waals surface area contributed by atoms with Crippen LogP contribution in [0.15, 0.2) is 48.5 Å². The first-order valence-corrected chi connectivity index (χ1v) is 8.61. The van der Waals surface area contributed by atoms with Crippen LogP contribution in [-0.4, -0.2) is 15.8 Å². The van der Waals surface area contributed by atoms with Crippen LogP contribution in [0.2, 0.25) is 10.0 Å². The summed E-state index contributed by atoms with van der Waals surface area (Å²) in [6, 6.07) is 14.2. The van der Waals surface area contributed by atoms with Crippen LogP contribution >= 0.6 is 23.2 Å². The molecule has 0 amide bonds. The number of aromatic nitrogens is 2. The molecule has 2 N–H and O–H groups in total. The van der Waals surface area contributed by atoms with Gasteiger partial charge in [-0.1, -0.05) is 35.3 Å². The highest BCUT2D eigenvalue weighted by molar-refractivity contribution is 6.35. The summed E-state index contributed by atoms with van der Waals surface area (Å²) in [6.07, 6.45) is 0. The number of benzene rings is 2. The number of aryl methyl sites for hydroxylation is 1. The van der Waals surface area contributed by atoms with Gasteiger partial charge in [-0.15, -0.1) is 0 Å². The fraction of sp³-hybridized carbons (Fsp3) is 0.105. The number of nitrogens with zero attached hydrogens (tertiary/aromatic N) is 2. The molecule has 0 radical (unpaired) electrons. The van der Waals surface area contributed by atoms with Gasteiger partial charge in [-0.3, -0.25) is 4.79 Å². The Balaban J connectivity index is 1.85. The van der Waals surface area contributed by atoms with Crippen LogP contribution in [-0.2, 0) is 0 Å². The second-order valence-electron chi connectivity index (χ2n) is 5.76. The molecule has 0 fully saturated rings. The van der Waals surface area contributed by atoms with Crippen molar-refractivity contribution in [3.8, 4) is 0 Å². The Morgan fingerprint density at radius 3 is 2.35 bits per heavy atom. The van der Waals surface area contributed by atoms with E-state index < -0.39 is 0 Å². The summed E-state index contributed by atoms with van der Waals surface area (Å²) < 4.78 is 0. The van der Waals surface area contributed by atoms with E-state index in [-0.39, 0.29) is 5.78 Å². The van der Waals surface area contributed by atoms with Gasteiger partial charge in [0.15, 0.2) is 5.78 Å². The topological polar surface area (TPSA) is 66.9 Å². The standard InChI is InChI=1S/C19H16Cl2N4O/c1-11-6-18(23-16-5-3-4-13(7-16)12(2)26)25-19(22-11)24-17-9-14(20)8-15(21)10-17/h3-10H,1-2H3,(H2,22,23,24,25). The van der Waals surface area contributed by atoms with E-state index in [0.717, 1.165) is 11.4 Å². The molecule has 2 aromatic carbocycles. The SMILES string of the molecule is CC(=O)c1cccc(Nc2cc(C)nc(Nc3cc(Cl)cc(Cl)c3)n2)c1. The summed E-state index contributed by atoms with van der Waals surface area (Å²) in [7, 11) is 0. The van der Waals surface area contributed by atoms with Crippen molar-refractivity contribution in [1.82, 2.24) is 9.97 Å². The van der Waals surface area contributed by atoms with Gasteiger partial charge < -0.3 is 10.6 Å². The lowest BCUT2D eigenvalue weighted by Crippen LogP contribution is -2.03. The van der Waals surface area contributed by atoms with E-state index in [0.29, 0.717) is 33.1 Å². The minimum Gasteiger partial charge on any atom is -0.340 e. The maximum atomic E-state index is 11.5. The number of hydrogen-bond acceptors (Lipinski definition) is 5. The quantitative estimate of drug-likeness (QED) is 0.543. The molecule has 3 rings (SSSR count). The maximum Gasteiger partial charge on any atom is 0.229 e. The van der Waals surface area contributed by atoms with Crippen molar-refractivity contribution in [2.45, 2.75) is 13.8 Å². The van der Waals surface area contributed by atoms with Crippen LogP contribution in [0, 0.1) is 6.92 Å². The molecule has 3 aromatic rings. The largest absolute Gasteiger partial charge is 0.340 e. The average Bonchev–Trinajstić information content (AvgIpc) is 2.53. The molecule has 0 bridgehead atoms. The van der Waals surface area contributed by atoms with E-state index in [1.165, 1.54) is 6.92 Å². The van der Waals surface area contributed by atoms with E-state index in [1.54, 1.807) is 30.3 Å². The van der Waals surface area contributed by atoms with Gasteiger partial charge >= 0.3 is 0 Å². The van der Waals surface area contributed by atoms with Crippen LogP contribution in [0.5, 0.6) is 0 Å². The molecule has 5 nitrogen and oxygen atoms in total. The molecule has 0 atom stereocenters. The number of anilines is 4. The molecule has 0 saturated carbocycles. The van der Waals surface area contributed by atoms with E-state index in [1.807, 2.05) is 25.1 Å². The van der Waals surface area contributed by atoms with Gasteiger partial charge in [-0.05, 0) is 44.2 Å². The number of rotatable bonds is 5. The minimum absolute atomic E-state index is 0.00714. The van der Waals surface area contributed by atoms with E-state index in [2.05, 4.69) is 20.6 Å². The van der Waals surface area contributed by atoms with E-state index >= 15 is 0 Å². The van der Waals surface area contributed by atoms with Crippen molar-refractivity contribution in [3.63, 3.8) is 0 Å². The number of halogens is 2. The molecule has 26 heavy (non-hydrogen) atoms. The molecule has 0 aliphatic carbocycles. The molecule has 0 aliphatic rings. The summed E-state index contributed by atoms with van der Waals surface area (Å²) in [5, 5.41) is 7.33. The van der Waals surface area contributed by atoms with Crippen molar-refractivity contribution in [1.29, 1.82) is 0 Å². The highest BCUT2D eigenvalue weighted by Crippen LogP contribution is 2.25. The Morgan fingerprint density at radius 2 is 1.65 bits per heavy atom. The predicted octanol–water partition coefficient (Wildman–Crippen LogP) is 5.78. The molecule has 0 spiro atoms. The van der Waals surface area contributed by atoms with E-state index in [9.17, 15) is 4.79 Å². The van der Waals surface area contributed by atoms with Gasteiger partial charge in [-0.25, -0.2) is 4.98 Å². The summed E-state index contributed by atoms with van der Waals surface area (Å²) >= 11 is 12.0. The lowest BCUT2D eigenvalue weighted by Gasteiger charge is -2.11. The normalized spacial score (nSPS) is 10.5. The summed E-state index contributed by atoms with van der Waals surface area (Å²) in [5.74, 6) is 1.02. The zero-order valence-corrected chi connectivity index (χ0v) is 15.7. The van der Waals surface area contributed by atoms with Gasteiger partial charge in [-0.2, -0.15) is 4.98 Å². The fourth-order valence-corrected chi connectivity index (χ4v) is 2.93. The number of carbonyl (C=O) groups excluding carboxylic acids is 1. The van der Waals surface area contributed by atoms with Crippen LogP contribution in [0.3, 0.4) is 0 Å². The molecule has 0 aliphatic heterocycles. The Kier molecular flexibility index (Phi) is 5.40. The Morgan fingerprint density at radius 1 is 0.923 bits per heavy atom. The predicted molar refractivity (Wildman–Crippen MR) is 106 cm³/mol. The number of carbonyl (C=O) groups is 1. The second-order valence-corrected chi connectivity index (χ2v) is 6.64. The Hall–Kier alpha value is -2.63. The van der Waals surface area contributed by atoms with Gasteiger partial charge in [0.2, 0.25) is 5.95 Å². The van der Waals surface area contributed by atoms with Crippen molar-refractivity contribution in [2.24, 2.45) is 0 Å². The second kappa shape index (κ2) is 7.72. The van der Waals surface area contributed by atoms with Gasteiger partial charge in [0, 0.05) is 38.7 Å². The first-order chi connectivity index (χ1) is 12.4. The molecule has 7 heteroatoms. The van der Waals surface area contributed by atoms with Crippen LogP contribution in [0.1, 0.15) is 23.0 Å². The highest BCUT2D eigenvalue weighted by atomic mass is 35.5. The zero-order chi connectivity index (χ0) is 18.7. The highest BCUT2D eigenvalue weighted by Gasteiger charge is 2.06. The number of ketones is 1. The smallest absolute Gasteiger partial charge is 0.229 e. The molecule has 0 saturated heterocycles. The first kappa shape index (κ1) is 18.2. The molecular formula is C19H16Cl2N4O. The van der Waals surface area contributed by atoms with Crippen molar-refractivity contribution >= 4 is 52.1 Å². The molecule has 0 unspecified atom stereocenters. The monoisotopic (exact) mass is 386 g/mol. The number of nitrogens with one attached hydrogen (secondary N) is 2. The van der Waals surface area contributed by atoms with Crippen molar-refractivity contribution in [3.05, 3.63) is 69.8 Å².